The largest absolute Gasteiger partial charge is 0.494 e. The van der Waals surface area contributed by atoms with Crippen molar-refractivity contribution in [2.75, 3.05) is 26.3 Å². The van der Waals surface area contributed by atoms with Gasteiger partial charge in [-0.3, -0.25) is 0 Å². The standard InChI is InChI=1S/C16H22F3NO2/c1-3-21-14-9-13(16(17,18)19)15(22-4-2)8-12(14)11-6-5-7-20-10-11/h8-9,11,20H,3-7,10H2,1-2H3. The van der Waals surface area contributed by atoms with Gasteiger partial charge in [0.05, 0.1) is 13.2 Å². The summed E-state index contributed by atoms with van der Waals surface area (Å²) in [6.07, 6.45) is -2.52. The average molecular weight is 317 g/mol. The highest BCUT2D eigenvalue weighted by molar-refractivity contribution is 5.49. The maximum Gasteiger partial charge on any atom is 0.420 e. The fourth-order valence-electron chi connectivity index (χ4n) is 2.79. The summed E-state index contributed by atoms with van der Waals surface area (Å²) in [5.74, 6) is 0.350. The van der Waals surface area contributed by atoms with Gasteiger partial charge in [0.25, 0.3) is 0 Å². The van der Waals surface area contributed by atoms with E-state index in [0.29, 0.717) is 12.4 Å². The number of nitrogens with one attached hydrogen (secondary N) is 1. The lowest BCUT2D eigenvalue weighted by Crippen LogP contribution is -2.28. The first-order valence-corrected chi connectivity index (χ1v) is 7.68. The molecule has 6 heteroatoms. The molecule has 1 aliphatic rings. The number of benzene rings is 1. The topological polar surface area (TPSA) is 30.5 Å². The smallest absolute Gasteiger partial charge is 0.420 e. The van der Waals surface area contributed by atoms with Gasteiger partial charge in [0.15, 0.2) is 0 Å². The normalized spacial score (nSPS) is 19.0. The average Bonchev–Trinajstić information content (AvgIpc) is 2.48. The van der Waals surface area contributed by atoms with Gasteiger partial charge in [0.1, 0.15) is 17.1 Å². The van der Waals surface area contributed by atoms with Crippen LogP contribution in [-0.2, 0) is 6.18 Å². The molecule has 1 saturated heterocycles. The lowest BCUT2D eigenvalue weighted by atomic mass is 9.90. The van der Waals surface area contributed by atoms with E-state index in [2.05, 4.69) is 5.32 Å². The zero-order chi connectivity index (χ0) is 16.2. The minimum Gasteiger partial charge on any atom is -0.494 e. The van der Waals surface area contributed by atoms with Crippen LogP contribution in [0.1, 0.15) is 43.7 Å². The Morgan fingerprint density at radius 1 is 1.14 bits per heavy atom. The van der Waals surface area contributed by atoms with Crippen LogP contribution in [0.3, 0.4) is 0 Å². The van der Waals surface area contributed by atoms with Crippen LogP contribution in [0.4, 0.5) is 13.2 Å². The highest BCUT2D eigenvalue weighted by Gasteiger charge is 2.36. The molecule has 0 aromatic heterocycles. The summed E-state index contributed by atoms with van der Waals surface area (Å²) in [6, 6.07) is 2.59. The molecule has 3 nitrogen and oxygen atoms in total. The molecule has 0 aliphatic carbocycles. The second-order valence-electron chi connectivity index (χ2n) is 5.29. The van der Waals surface area contributed by atoms with Crippen LogP contribution < -0.4 is 14.8 Å². The quantitative estimate of drug-likeness (QED) is 0.891. The molecule has 1 unspecified atom stereocenters. The lowest BCUT2D eigenvalue weighted by molar-refractivity contribution is -0.139. The molecule has 1 N–H and O–H groups in total. The number of hydrogen-bond acceptors (Lipinski definition) is 3. The number of halogens is 3. The summed E-state index contributed by atoms with van der Waals surface area (Å²) in [5, 5.41) is 3.28. The van der Waals surface area contributed by atoms with Crippen LogP contribution >= 0.6 is 0 Å². The fraction of sp³-hybridized carbons (Fsp3) is 0.625. The second-order valence-corrected chi connectivity index (χ2v) is 5.29. The molecule has 1 aromatic carbocycles. The zero-order valence-electron chi connectivity index (χ0n) is 12.9. The maximum absolute atomic E-state index is 13.2. The summed E-state index contributed by atoms with van der Waals surface area (Å²) in [4.78, 5) is 0. The summed E-state index contributed by atoms with van der Waals surface area (Å²) >= 11 is 0. The highest BCUT2D eigenvalue weighted by atomic mass is 19.4. The fourth-order valence-corrected chi connectivity index (χ4v) is 2.79. The van der Waals surface area contributed by atoms with E-state index in [-0.39, 0.29) is 18.3 Å². The Balaban J connectivity index is 2.48. The van der Waals surface area contributed by atoms with Crippen LogP contribution in [0.15, 0.2) is 12.1 Å². The van der Waals surface area contributed by atoms with Crippen LogP contribution in [0.2, 0.25) is 0 Å². The van der Waals surface area contributed by atoms with E-state index in [1.807, 2.05) is 0 Å². The Bertz CT molecular complexity index is 497. The molecule has 0 radical (unpaired) electrons. The van der Waals surface area contributed by atoms with Gasteiger partial charge in [0, 0.05) is 18.0 Å². The van der Waals surface area contributed by atoms with E-state index < -0.39 is 11.7 Å². The van der Waals surface area contributed by atoms with Crippen LogP contribution in [-0.4, -0.2) is 26.3 Å². The first-order chi connectivity index (χ1) is 10.5. The minimum absolute atomic E-state index is 0.112. The molecular formula is C16H22F3NO2. The van der Waals surface area contributed by atoms with Gasteiger partial charge in [-0.15, -0.1) is 0 Å². The van der Waals surface area contributed by atoms with Gasteiger partial charge in [-0.1, -0.05) is 0 Å². The molecule has 1 heterocycles. The molecule has 0 saturated carbocycles. The SMILES string of the molecule is CCOc1cc(C(F)(F)F)c(OCC)cc1C1CCCNC1. The van der Waals surface area contributed by atoms with Crippen molar-refractivity contribution in [3.05, 3.63) is 23.3 Å². The molecule has 0 spiro atoms. The van der Waals surface area contributed by atoms with E-state index in [1.165, 1.54) is 6.07 Å². The third-order valence-electron chi connectivity index (χ3n) is 3.75. The van der Waals surface area contributed by atoms with Crippen molar-refractivity contribution < 1.29 is 22.6 Å². The lowest BCUT2D eigenvalue weighted by Gasteiger charge is -2.26. The predicted molar refractivity (Wildman–Crippen MR) is 78.6 cm³/mol. The van der Waals surface area contributed by atoms with Gasteiger partial charge in [-0.25, -0.2) is 0 Å². The van der Waals surface area contributed by atoms with Crippen molar-refractivity contribution in [1.29, 1.82) is 0 Å². The van der Waals surface area contributed by atoms with E-state index in [9.17, 15) is 13.2 Å². The van der Waals surface area contributed by atoms with Gasteiger partial charge >= 0.3 is 6.18 Å². The van der Waals surface area contributed by atoms with Crippen molar-refractivity contribution in [3.8, 4) is 11.5 Å². The van der Waals surface area contributed by atoms with Crippen molar-refractivity contribution in [2.24, 2.45) is 0 Å². The predicted octanol–water partition coefficient (Wildman–Crippen LogP) is 3.97. The number of alkyl halides is 3. The summed E-state index contributed by atoms with van der Waals surface area (Å²) < 4.78 is 50.4. The summed E-state index contributed by atoms with van der Waals surface area (Å²) in [5.41, 5.74) is 0.0239. The van der Waals surface area contributed by atoms with Crippen molar-refractivity contribution in [2.45, 2.75) is 38.8 Å². The molecule has 2 rings (SSSR count). The van der Waals surface area contributed by atoms with Crippen LogP contribution in [0, 0.1) is 0 Å². The first kappa shape index (κ1) is 16.9. The van der Waals surface area contributed by atoms with Crippen LogP contribution in [0.25, 0.3) is 0 Å². The van der Waals surface area contributed by atoms with E-state index in [0.717, 1.165) is 37.6 Å². The number of piperidine rings is 1. The molecule has 124 valence electrons. The highest BCUT2D eigenvalue weighted by Crippen LogP contribution is 2.43. The number of rotatable bonds is 5. The molecule has 1 aliphatic heterocycles. The van der Waals surface area contributed by atoms with E-state index >= 15 is 0 Å². The Hall–Kier alpha value is -1.43. The molecule has 0 bridgehead atoms. The molecule has 1 aromatic rings. The molecular weight excluding hydrogens is 295 g/mol. The number of ether oxygens (including phenoxy) is 2. The molecule has 1 atom stereocenters. The van der Waals surface area contributed by atoms with Crippen molar-refractivity contribution >= 4 is 0 Å². The molecule has 0 amide bonds. The Morgan fingerprint density at radius 3 is 2.36 bits per heavy atom. The maximum atomic E-state index is 13.2. The Kier molecular flexibility index (Phi) is 5.56. The molecule has 1 fully saturated rings. The van der Waals surface area contributed by atoms with Crippen molar-refractivity contribution in [1.82, 2.24) is 5.32 Å². The monoisotopic (exact) mass is 317 g/mol. The summed E-state index contributed by atoms with van der Waals surface area (Å²) in [6.45, 7) is 5.67. The van der Waals surface area contributed by atoms with Crippen LogP contribution in [0.5, 0.6) is 11.5 Å². The summed E-state index contributed by atoms with van der Waals surface area (Å²) in [7, 11) is 0. The second kappa shape index (κ2) is 7.22. The Labute approximate surface area is 128 Å². The van der Waals surface area contributed by atoms with E-state index in [4.69, 9.17) is 9.47 Å². The van der Waals surface area contributed by atoms with Gasteiger partial charge in [-0.05, 0) is 45.4 Å². The molecule has 22 heavy (non-hydrogen) atoms. The first-order valence-electron chi connectivity index (χ1n) is 7.68. The third kappa shape index (κ3) is 3.85. The van der Waals surface area contributed by atoms with Gasteiger partial charge in [0.2, 0.25) is 0 Å². The number of hydrogen-bond donors (Lipinski definition) is 1. The van der Waals surface area contributed by atoms with Gasteiger partial charge in [-0.2, -0.15) is 13.2 Å². The van der Waals surface area contributed by atoms with Gasteiger partial charge < -0.3 is 14.8 Å². The zero-order valence-corrected chi connectivity index (χ0v) is 12.9. The van der Waals surface area contributed by atoms with E-state index in [1.54, 1.807) is 13.8 Å². The Morgan fingerprint density at radius 2 is 1.82 bits per heavy atom. The third-order valence-corrected chi connectivity index (χ3v) is 3.75. The minimum atomic E-state index is -4.46. The van der Waals surface area contributed by atoms with Crippen molar-refractivity contribution in [3.63, 3.8) is 0 Å².